The normalized spacial score (nSPS) is 10.8. The smallest absolute Gasteiger partial charge is 0.143 e. The van der Waals surface area contributed by atoms with E-state index in [4.69, 9.17) is 0 Å². The summed E-state index contributed by atoms with van der Waals surface area (Å²) in [7, 11) is 0. The molecule has 0 spiro atoms. The molecule has 2 aromatic rings. The van der Waals surface area contributed by atoms with Gasteiger partial charge in [-0.25, -0.2) is 4.98 Å². The largest absolute Gasteiger partial charge is 0.261 e. The number of hydrogen-bond donors (Lipinski definition) is 0. The summed E-state index contributed by atoms with van der Waals surface area (Å²) >= 11 is 1.68. The molecule has 0 saturated heterocycles. The summed E-state index contributed by atoms with van der Waals surface area (Å²) in [5.41, 5.74) is 0.851. The molecule has 0 aliphatic heterocycles. The molecule has 2 aromatic heterocycles. The molecule has 0 saturated carbocycles. The van der Waals surface area contributed by atoms with Crippen molar-refractivity contribution in [1.82, 2.24) is 15.0 Å². The van der Waals surface area contributed by atoms with Crippen molar-refractivity contribution in [2.45, 2.75) is 19.8 Å². The zero-order valence-electron chi connectivity index (χ0n) is 8.14. The van der Waals surface area contributed by atoms with Crippen molar-refractivity contribution in [2.75, 3.05) is 0 Å². The Bertz CT molecular complexity index is 408. The Morgan fingerprint density at radius 1 is 1.14 bits per heavy atom. The topological polar surface area (TPSA) is 38.7 Å². The average Bonchev–Trinajstić information content (AvgIpc) is 2.68. The summed E-state index contributed by atoms with van der Waals surface area (Å²) in [6, 6.07) is 0. The van der Waals surface area contributed by atoms with Gasteiger partial charge in [0.2, 0.25) is 0 Å². The lowest BCUT2D eigenvalue weighted by Crippen LogP contribution is -1.81. The summed E-state index contributed by atoms with van der Waals surface area (Å²) in [5.74, 6) is 0.526. The maximum absolute atomic E-state index is 4.32. The van der Waals surface area contributed by atoms with E-state index in [9.17, 15) is 0 Å². The minimum atomic E-state index is 0.526. The van der Waals surface area contributed by atoms with E-state index in [2.05, 4.69) is 28.8 Å². The van der Waals surface area contributed by atoms with Crippen LogP contribution in [0.3, 0.4) is 0 Å². The fraction of sp³-hybridized carbons (Fsp3) is 0.300. The highest BCUT2D eigenvalue weighted by atomic mass is 32.1. The lowest BCUT2D eigenvalue weighted by molar-refractivity contribution is 0.885. The second kappa shape index (κ2) is 3.84. The van der Waals surface area contributed by atoms with E-state index in [-0.39, 0.29) is 0 Å². The molecule has 0 aliphatic rings. The molecule has 0 amide bonds. The lowest BCUT2D eigenvalue weighted by Gasteiger charge is -1.96. The predicted molar refractivity (Wildman–Crippen MR) is 57.2 cm³/mol. The van der Waals surface area contributed by atoms with Crippen LogP contribution in [0.4, 0.5) is 0 Å². The molecule has 3 nitrogen and oxygen atoms in total. The van der Waals surface area contributed by atoms with Crippen LogP contribution in [0.1, 0.15) is 24.6 Å². The van der Waals surface area contributed by atoms with Crippen molar-refractivity contribution < 1.29 is 0 Å². The molecular weight excluding hydrogens is 194 g/mol. The van der Waals surface area contributed by atoms with E-state index >= 15 is 0 Å². The number of aromatic nitrogens is 3. The van der Waals surface area contributed by atoms with Crippen LogP contribution in [-0.4, -0.2) is 15.0 Å². The molecule has 0 atom stereocenters. The van der Waals surface area contributed by atoms with Crippen molar-refractivity contribution in [3.63, 3.8) is 0 Å². The zero-order valence-corrected chi connectivity index (χ0v) is 8.95. The molecule has 0 bridgehead atoms. The van der Waals surface area contributed by atoms with Gasteiger partial charge in [-0.05, 0) is 5.92 Å². The zero-order chi connectivity index (χ0) is 9.97. The molecule has 0 unspecified atom stereocenters. The van der Waals surface area contributed by atoms with Crippen LogP contribution < -0.4 is 0 Å². The monoisotopic (exact) mass is 205 g/mol. The number of nitrogens with zero attached hydrogens (tertiary/aromatic N) is 3. The Morgan fingerprint density at radius 3 is 2.57 bits per heavy atom. The van der Waals surface area contributed by atoms with E-state index in [1.54, 1.807) is 29.9 Å². The Kier molecular flexibility index (Phi) is 2.54. The van der Waals surface area contributed by atoms with Gasteiger partial charge in [-0.15, -0.1) is 11.3 Å². The van der Waals surface area contributed by atoms with E-state index in [1.165, 1.54) is 4.88 Å². The highest BCUT2D eigenvalue weighted by molar-refractivity contribution is 7.15. The highest BCUT2D eigenvalue weighted by Gasteiger charge is 2.07. The molecule has 4 heteroatoms. The van der Waals surface area contributed by atoms with Crippen LogP contribution >= 0.6 is 11.3 Å². The maximum atomic E-state index is 4.32. The molecular formula is C10H11N3S. The van der Waals surface area contributed by atoms with Crippen LogP contribution in [-0.2, 0) is 0 Å². The molecule has 0 fully saturated rings. The standard InChI is InChI=1S/C10H11N3S/c1-7(2)9-6-13-10(14-9)8-5-11-3-4-12-8/h3-7H,1-2H3. The number of hydrogen-bond acceptors (Lipinski definition) is 4. The Balaban J connectivity index is 2.34. The third-order valence-electron chi connectivity index (χ3n) is 1.87. The Hall–Kier alpha value is -1.29. The summed E-state index contributed by atoms with van der Waals surface area (Å²) < 4.78 is 0. The van der Waals surface area contributed by atoms with E-state index in [1.807, 2.05) is 6.20 Å². The first kappa shape index (κ1) is 9.27. The summed E-state index contributed by atoms with van der Waals surface area (Å²) in [6.07, 6.45) is 7.01. The van der Waals surface area contributed by atoms with Crippen molar-refractivity contribution in [3.05, 3.63) is 29.7 Å². The first-order valence-corrected chi connectivity index (χ1v) is 5.31. The number of rotatable bonds is 2. The van der Waals surface area contributed by atoms with E-state index < -0.39 is 0 Å². The first-order valence-electron chi connectivity index (χ1n) is 4.49. The van der Waals surface area contributed by atoms with Crippen LogP contribution in [0.5, 0.6) is 0 Å². The Labute approximate surface area is 86.9 Å². The van der Waals surface area contributed by atoms with Crippen LogP contribution in [0, 0.1) is 0 Å². The third-order valence-corrected chi connectivity index (χ3v) is 3.20. The lowest BCUT2D eigenvalue weighted by atomic mass is 10.2. The van der Waals surface area contributed by atoms with Gasteiger partial charge in [0.05, 0.1) is 6.20 Å². The van der Waals surface area contributed by atoms with E-state index in [0.717, 1.165) is 10.7 Å². The molecule has 0 aliphatic carbocycles. The van der Waals surface area contributed by atoms with Crippen LogP contribution in [0.2, 0.25) is 0 Å². The van der Waals surface area contributed by atoms with Gasteiger partial charge in [0.1, 0.15) is 10.7 Å². The van der Waals surface area contributed by atoms with Crippen molar-refractivity contribution in [2.24, 2.45) is 0 Å². The fourth-order valence-corrected chi connectivity index (χ4v) is 1.96. The second-order valence-corrected chi connectivity index (χ2v) is 4.38. The minimum Gasteiger partial charge on any atom is -0.261 e. The van der Waals surface area contributed by atoms with Gasteiger partial charge in [0.25, 0.3) is 0 Å². The summed E-state index contributed by atoms with van der Waals surface area (Å²) in [4.78, 5) is 13.8. The molecule has 0 radical (unpaired) electrons. The molecule has 14 heavy (non-hydrogen) atoms. The molecule has 2 rings (SSSR count). The Morgan fingerprint density at radius 2 is 2.00 bits per heavy atom. The van der Waals surface area contributed by atoms with Gasteiger partial charge in [-0.3, -0.25) is 9.97 Å². The summed E-state index contributed by atoms with van der Waals surface area (Å²) in [6.45, 7) is 4.32. The second-order valence-electron chi connectivity index (χ2n) is 3.31. The van der Waals surface area contributed by atoms with Gasteiger partial charge in [-0.2, -0.15) is 0 Å². The van der Waals surface area contributed by atoms with Gasteiger partial charge in [0, 0.05) is 23.5 Å². The van der Waals surface area contributed by atoms with Gasteiger partial charge >= 0.3 is 0 Å². The van der Waals surface area contributed by atoms with Crippen molar-refractivity contribution >= 4 is 11.3 Å². The molecule has 0 N–H and O–H groups in total. The summed E-state index contributed by atoms with van der Waals surface area (Å²) in [5, 5.41) is 0.946. The fourth-order valence-electron chi connectivity index (χ4n) is 1.08. The predicted octanol–water partition coefficient (Wildman–Crippen LogP) is 2.72. The first-order chi connectivity index (χ1) is 6.77. The van der Waals surface area contributed by atoms with Crippen LogP contribution in [0.15, 0.2) is 24.8 Å². The minimum absolute atomic E-state index is 0.526. The van der Waals surface area contributed by atoms with Crippen molar-refractivity contribution in [3.8, 4) is 10.7 Å². The quantitative estimate of drug-likeness (QED) is 0.756. The van der Waals surface area contributed by atoms with Gasteiger partial charge in [-0.1, -0.05) is 13.8 Å². The molecule has 72 valence electrons. The average molecular weight is 205 g/mol. The molecule has 2 heterocycles. The molecule has 0 aromatic carbocycles. The van der Waals surface area contributed by atoms with Gasteiger partial charge < -0.3 is 0 Å². The highest BCUT2D eigenvalue weighted by Crippen LogP contribution is 2.27. The maximum Gasteiger partial charge on any atom is 0.143 e. The number of thiazole rings is 1. The van der Waals surface area contributed by atoms with E-state index in [0.29, 0.717) is 5.92 Å². The van der Waals surface area contributed by atoms with Crippen LogP contribution in [0.25, 0.3) is 10.7 Å². The third kappa shape index (κ3) is 1.80. The SMILES string of the molecule is CC(C)c1cnc(-c2cnccn2)s1. The van der Waals surface area contributed by atoms with Gasteiger partial charge in [0.15, 0.2) is 0 Å². The van der Waals surface area contributed by atoms with Crippen molar-refractivity contribution in [1.29, 1.82) is 0 Å².